The predicted molar refractivity (Wildman–Crippen MR) is 112 cm³/mol. The summed E-state index contributed by atoms with van der Waals surface area (Å²) in [4.78, 5) is 22.8. The number of amides is 1. The van der Waals surface area contributed by atoms with Crippen LogP contribution in [0.4, 0.5) is 5.69 Å². The molecule has 0 aliphatic carbocycles. The molecule has 2 aromatic carbocycles. The molecule has 1 atom stereocenters. The van der Waals surface area contributed by atoms with E-state index in [2.05, 4.69) is 5.32 Å². The third kappa shape index (κ3) is 5.41. The van der Waals surface area contributed by atoms with Gasteiger partial charge in [0.05, 0.1) is 23.8 Å². The van der Waals surface area contributed by atoms with Crippen molar-refractivity contribution >= 4 is 23.4 Å². The first-order chi connectivity index (χ1) is 13.8. The second-order valence-electron chi connectivity index (χ2n) is 7.51. The highest BCUT2D eigenvalue weighted by Crippen LogP contribution is 2.41. The van der Waals surface area contributed by atoms with Gasteiger partial charge < -0.3 is 14.8 Å². The highest BCUT2D eigenvalue weighted by atomic mass is 32.2. The maximum Gasteiger partial charge on any atom is 0.269 e. The lowest BCUT2D eigenvalue weighted by atomic mass is 9.89. The Hall–Kier alpha value is -2.74. The van der Waals surface area contributed by atoms with Crippen molar-refractivity contribution in [3.63, 3.8) is 0 Å². The molecule has 1 amide bonds. The fourth-order valence-corrected chi connectivity index (χ4v) is 4.10. The summed E-state index contributed by atoms with van der Waals surface area (Å²) in [5.41, 5.74) is 1.53. The largest absolute Gasteiger partial charge is 0.497 e. The van der Waals surface area contributed by atoms with Crippen LogP contribution in [0.15, 0.2) is 42.5 Å². The van der Waals surface area contributed by atoms with Crippen LogP contribution in [0, 0.1) is 10.1 Å². The molecule has 3 rings (SSSR count). The van der Waals surface area contributed by atoms with E-state index in [-0.39, 0.29) is 23.2 Å². The maximum absolute atomic E-state index is 12.5. The average molecular weight is 416 g/mol. The zero-order chi connectivity index (χ0) is 21.0. The molecule has 8 heteroatoms. The summed E-state index contributed by atoms with van der Waals surface area (Å²) in [7, 11) is 1.61. The van der Waals surface area contributed by atoms with Crippen LogP contribution >= 0.6 is 11.8 Å². The fraction of sp³-hybridized carbons (Fsp3) is 0.381. The molecule has 1 unspecified atom stereocenters. The summed E-state index contributed by atoms with van der Waals surface area (Å²) in [6.07, 6.45) is 0.659. The number of nitrogens with one attached hydrogen (secondary N) is 1. The van der Waals surface area contributed by atoms with Crippen molar-refractivity contribution < 1.29 is 19.2 Å². The Labute approximate surface area is 173 Å². The van der Waals surface area contributed by atoms with Gasteiger partial charge in [-0.15, -0.1) is 11.8 Å². The molecule has 2 aromatic rings. The van der Waals surface area contributed by atoms with Gasteiger partial charge in [-0.3, -0.25) is 14.9 Å². The van der Waals surface area contributed by atoms with Crippen molar-refractivity contribution in [3.05, 3.63) is 63.7 Å². The standard InChI is InChI=1S/C21H24N2O5S/c1-21(2)11-18(17-10-16(27-3)8-9-19(17)28-21)22-20(24)13-29-12-14-4-6-15(7-5-14)23(25)26/h4-10,18H,11-13H2,1-3H3,(H,22,24). The minimum atomic E-state index is -0.424. The number of non-ortho nitro benzene ring substituents is 1. The number of ether oxygens (including phenoxy) is 2. The number of nitro groups is 1. The topological polar surface area (TPSA) is 90.7 Å². The number of thioether (sulfide) groups is 1. The third-order valence-corrected chi connectivity index (χ3v) is 5.66. The van der Waals surface area contributed by atoms with Crippen molar-refractivity contribution in [2.45, 2.75) is 37.7 Å². The van der Waals surface area contributed by atoms with E-state index >= 15 is 0 Å². The van der Waals surface area contributed by atoms with E-state index in [0.29, 0.717) is 17.9 Å². The Balaban J connectivity index is 1.59. The summed E-state index contributed by atoms with van der Waals surface area (Å²) in [6.45, 7) is 4.01. The van der Waals surface area contributed by atoms with Gasteiger partial charge in [-0.05, 0) is 37.6 Å². The van der Waals surface area contributed by atoms with E-state index in [0.717, 1.165) is 22.6 Å². The number of fused-ring (bicyclic) bond motifs is 1. The molecule has 0 spiro atoms. The molecule has 7 nitrogen and oxygen atoms in total. The van der Waals surface area contributed by atoms with Gasteiger partial charge in [-0.25, -0.2) is 0 Å². The Morgan fingerprint density at radius 3 is 2.69 bits per heavy atom. The highest BCUT2D eigenvalue weighted by molar-refractivity contribution is 7.99. The predicted octanol–water partition coefficient (Wildman–Crippen LogP) is 4.26. The van der Waals surface area contributed by atoms with Gasteiger partial charge in [0.15, 0.2) is 0 Å². The number of hydrogen-bond acceptors (Lipinski definition) is 6. The zero-order valence-electron chi connectivity index (χ0n) is 16.6. The second-order valence-corrected chi connectivity index (χ2v) is 8.49. The molecular weight excluding hydrogens is 392 g/mol. The molecule has 0 bridgehead atoms. The van der Waals surface area contributed by atoms with E-state index < -0.39 is 4.92 Å². The monoisotopic (exact) mass is 416 g/mol. The summed E-state index contributed by atoms with van der Waals surface area (Å²) < 4.78 is 11.3. The van der Waals surface area contributed by atoms with Crippen LogP contribution in [0.5, 0.6) is 11.5 Å². The van der Waals surface area contributed by atoms with Crippen LogP contribution in [0.25, 0.3) is 0 Å². The minimum absolute atomic E-state index is 0.0617. The average Bonchev–Trinajstić information content (AvgIpc) is 2.67. The normalized spacial score (nSPS) is 17.0. The maximum atomic E-state index is 12.5. The summed E-state index contributed by atoms with van der Waals surface area (Å²) in [6, 6.07) is 11.8. The third-order valence-electron chi connectivity index (χ3n) is 4.66. The van der Waals surface area contributed by atoms with E-state index in [1.54, 1.807) is 19.2 Å². The molecule has 0 fully saturated rings. The lowest BCUT2D eigenvalue weighted by Gasteiger charge is -2.38. The Morgan fingerprint density at radius 1 is 1.31 bits per heavy atom. The van der Waals surface area contributed by atoms with Gasteiger partial charge in [-0.1, -0.05) is 12.1 Å². The van der Waals surface area contributed by atoms with E-state index in [4.69, 9.17) is 9.47 Å². The lowest BCUT2D eigenvalue weighted by Crippen LogP contribution is -2.41. The van der Waals surface area contributed by atoms with Crippen LogP contribution < -0.4 is 14.8 Å². The highest BCUT2D eigenvalue weighted by Gasteiger charge is 2.34. The summed E-state index contributed by atoms with van der Waals surface area (Å²) >= 11 is 1.47. The SMILES string of the molecule is COc1ccc2c(c1)C(NC(=O)CSCc1ccc([N+](=O)[O-])cc1)CC(C)(C)O2. The van der Waals surface area contributed by atoms with Gasteiger partial charge in [0, 0.05) is 29.9 Å². The quantitative estimate of drug-likeness (QED) is 0.536. The van der Waals surface area contributed by atoms with Gasteiger partial charge in [0.2, 0.25) is 5.91 Å². The molecule has 1 heterocycles. The second kappa shape index (κ2) is 8.73. The van der Waals surface area contributed by atoms with E-state index in [1.165, 1.54) is 23.9 Å². The number of benzene rings is 2. The number of carbonyl (C=O) groups excluding carboxylic acids is 1. The first kappa shape index (κ1) is 21.0. The van der Waals surface area contributed by atoms with Crippen LogP contribution in [0.2, 0.25) is 0 Å². The number of rotatable bonds is 7. The van der Waals surface area contributed by atoms with Gasteiger partial charge in [-0.2, -0.15) is 0 Å². The van der Waals surface area contributed by atoms with Crippen molar-refractivity contribution in [1.82, 2.24) is 5.32 Å². The van der Waals surface area contributed by atoms with Crippen molar-refractivity contribution in [2.75, 3.05) is 12.9 Å². The van der Waals surface area contributed by atoms with Crippen molar-refractivity contribution in [3.8, 4) is 11.5 Å². The molecule has 0 saturated heterocycles. The van der Waals surface area contributed by atoms with Crippen LogP contribution in [0.1, 0.15) is 37.4 Å². The Bertz CT molecular complexity index is 898. The number of carbonyl (C=O) groups is 1. The first-order valence-electron chi connectivity index (χ1n) is 9.25. The molecule has 0 aromatic heterocycles. The molecule has 0 radical (unpaired) electrons. The van der Waals surface area contributed by atoms with E-state index in [1.807, 2.05) is 32.0 Å². The van der Waals surface area contributed by atoms with Crippen molar-refractivity contribution in [2.24, 2.45) is 0 Å². The van der Waals surface area contributed by atoms with Crippen LogP contribution in [-0.2, 0) is 10.5 Å². The summed E-state index contributed by atoms with van der Waals surface area (Å²) in [5, 5.41) is 13.8. The molecule has 154 valence electrons. The zero-order valence-corrected chi connectivity index (χ0v) is 17.5. The molecule has 1 aliphatic heterocycles. The number of hydrogen-bond donors (Lipinski definition) is 1. The van der Waals surface area contributed by atoms with Gasteiger partial charge >= 0.3 is 0 Å². The first-order valence-corrected chi connectivity index (χ1v) is 10.4. The van der Waals surface area contributed by atoms with Crippen LogP contribution in [0.3, 0.4) is 0 Å². The fourth-order valence-electron chi connectivity index (χ4n) is 3.30. The van der Waals surface area contributed by atoms with Gasteiger partial charge in [0.1, 0.15) is 17.1 Å². The molecule has 0 saturated carbocycles. The Kier molecular flexibility index (Phi) is 6.32. The van der Waals surface area contributed by atoms with E-state index in [9.17, 15) is 14.9 Å². The number of nitro benzene ring substituents is 1. The van der Waals surface area contributed by atoms with Gasteiger partial charge in [0.25, 0.3) is 5.69 Å². The summed E-state index contributed by atoms with van der Waals surface area (Å²) in [5.74, 6) is 2.32. The van der Waals surface area contributed by atoms with Crippen LogP contribution in [-0.4, -0.2) is 29.3 Å². The lowest BCUT2D eigenvalue weighted by molar-refractivity contribution is -0.384. The molecular formula is C21H24N2O5S. The molecule has 1 aliphatic rings. The number of nitrogens with zero attached hydrogens (tertiary/aromatic N) is 1. The molecule has 1 N–H and O–H groups in total. The minimum Gasteiger partial charge on any atom is -0.497 e. The smallest absolute Gasteiger partial charge is 0.269 e. The number of methoxy groups -OCH3 is 1. The Morgan fingerprint density at radius 2 is 2.03 bits per heavy atom. The van der Waals surface area contributed by atoms with Crippen molar-refractivity contribution in [1.29, 1.82) is 0 Å². The molecule has 29 heavy (non-hydrogen) atoms.